The largest absolute Gasteiger partial charge is 0.270 e. The number of rotatable bonds is 8. The predicted molar refractivity (Wildman–Crippen MR) is 124 cm³/mol. The van der Waals surface area contributed by atoms with Gasteiger partial charge in [-0.15, -0.1) is 0 Å². The Morgan fingerprint density at radius 1 is 0.964 bits per heavy atom. The van der Waals surface area contributed by atoms with E-state index in [-0.39, 0.29) is 0 Å². The van der Waals surface area contributed by atoms with Crippen molar-refractivity contribution in [2.24, 2.45) is 0 Å². The number of allylic oxidation sites excluding steroid dienone is 8. The van der Waals surface area contributed by atoms with Crippen LogP contribution in [0.4, 0.5) is 11.4 Å². The van der Waals surface area contributed by atoms with Crippen molar-refractivity contribution in [3.05, 3.63) is 108 Å². The lowest BCUT2D eigenvalue weighted by Gasteiger charge is -2.21. The topological polar surface area (TPSA) is 3.24 Å². The molecule has 2 aromatic rings. The van der Waals surface area contributed by atoms with E-state index in [2.05, 4.69) is 92.7 Å². The summed E-state index contributed by atoms with van der Waals surface area (Å²) < 4.78 is 0. The second-order valence-corrected chi connectivity index (χ2v) is 6.56. The molecule has 0 aliphatic carbocycles. The summed E-state index contributed by atoms with van der Waals surface area (Å²) in [5.74, 6) is 0. The molecule has 142 valence electrons. The first-order chi connectivity index (χ1) is 13.7. The standard InChI is InChI=1S/C27H29N/c1-5-8-9-10-16-25-17-11-12-18-27(25)28(7-3)26-21-19-24(20-22-26)15-13-14-23(4)6-2/h3,5-6,8-14,17-22H,15-16H2,1-2,4H3/b8-5-,10-9-,14-13-,23-6-. The zero-order chi connectivity index (χ0) is 20.2. The van der Waals surface area contributed by atoms with Gasteiger partial charge in [0.25, 0.3) is 0 Å². The van der Waals surface area contributed by atoms with Crippen LogP contribution in [0.1, 0.15) is 31.9 Å². The van der Waals surface area contributed by atoms with Gasteiger partial charge in [0.1, 0.15) is 0 Å². The second-order valence-electron chi connectivity index (χ2n) is 6.56. The van der Waals surface area contributed by atoms with E-state index in [0.29, 0.717) is 0 Å². The fraction of sp³-hybridized carbons (Fsp3) is 0.185. The number of terminal acetylenes is 1. The van der Waals surface area contributed by atoms with Crippen molar-refractivity contribution < 1.29 is 0 Å². The fourth-order valence-corrected chi connectivity index (χ4v) is 2.83. The van der Waals surface area contributed by atoms with E-state index in [4.69, 9.17) is 6.42 Å². The molecule has 2 aromatic carbocycles. The highest BCUT2D eigenvalue weighted by molar-refractivity contribution is 5.71. The van der Waals surface area contributed by atoms with Crippen LogP contribution >= 0.6 is 0 Å². The minimum absolute atomic E-state index is 0.839. The first-order valence-corrected chi connectivity index (χ1v) is 9.70. The number of anilines is 2. The quantitative estimate of drug-likeness (QED) is 0.272. The Kier molecular flexibility index (Phi) is 8.63. The fourth-order valence-electron chi connectivity index (χ4n) is 2.83. The van der Waals surface area contributed by atoms with Gasteiger partial charge in [-0.05, 0) is 62.9 Å². The monoisotopic (exact) mass is 367 g/mol. The Morgan fingerprint density at radius 2 is 1.71 bits per heavy atom. The van der Waals surface area contributed by atoms with Crippen molar-refractivity contribution in [2.45, 2.75) is 33.6 Å². The number of hydrogen-bond acceptors (Lipinski definition) is 1. The van der Waals surface area contributed by atoms with Gasteiger partial charge in [0.05, 0.1) is 11.4 Å². The van der Waals surface area contributed by atoms with Crippen LogP contribution in [0.15, 0.2) is 96.6 Å². The molecule has 0 aliphatic rings. The normalized spacial score (nSPS) is 12.1. The van der Waals surface area contributed by atoms with Gasteiger partial charge in [0.2, 0.25) is 0 Å². The average molecular weight is 368 g/mol. The Balaban J connectivity index is 2.20. The van der Waals surface area contributed by atoms with Gasteiger partial charge >= 0.3 is 0 Å². The van der Waals surface area contributed by atoms with Crippen LogP contribution in [0.25, 0.3) is 0 Å². The molecule has 0 saturated carbocycles. The molecule has 0 aliphatic heterocycles. The SMILES string of the molecule is C#CN(c1ccc(C/C=C\C(C)=C/C)cc1)c1ccccc1C/C=C\C=C/C. The molecule has 1 nitrogen and oxygen atoms in total. The van der Waals surface area contributed by atoms with Crippen LogP contribution in [0.2, 0.25) is 0 Å². The van der Waals surface area contributed by atoms with Gasteiger partial charge in [-0.3, -0.25) is 4.90 Å². The summed E-state index contributed by atoms with van der Waals surface area (Å²) in [6.07, 6.45) is 22.3. The maximum absolute atomic E-state index is 5.88. The molecule has 0 spiro atoms. The second kappa shape index (κ2) is 11.5. The van der Waals surface area contributed by atoms with Gasteiger partial charge in [0, 0.05) is 6.04 Å². The van der Waals surface area contributed by atoms with Gasteiger partial charge in [-0.2, -0.15) is 0 Å². The van der Waals surface area contributed by atoms with Gasteiger partial charge < -0.3 is 0 Å². The van der Waals surface area contributed by atoms with Gasteiger partial charge in [0.15, 0.2) is 0 Å². The van der Waals surface area contributed by atoms with Crippen LogP contribution in [-0.2, 0) is 12.8 Å². The molecule has 0 unspecified atom stereocenters. The lowest BCUT2D eigenvalue weighted by Crippen LogP contribution is -2.11. The van der Waals surface area contributed by atoms with Crippen molar-refractivity contribution in [2.75, 3.05) is 4.90 Å². The van der Waals surface area contributed by atoms with Crippen molar-refractivity contribution in [1.82, 2.24) is 0 Å². The maximum Gasteiger partial charge on any atom is 0.0580 e. The molecule has 1 heteroatoms. The molecule has 0 bridgehead atoms. The van der Waals surface area contributed by atoms with Crippen molar-refractivity contribution in [3.8, 4) is 12.5 Å². The molecule has 0 aromatic heterocycles. The summed E-state index contributed by atoms with van der Waals surface area (Å²) in [6.45, 7) is 6.17. The van der Waals surface area contributed by atoms with E-state index in [1.807, 2.05) is 30.0 Å². The Hall–Kier alpha value is -3.24. The molecule has 28 heavy (non-hydrogen) atoms. The van der Waals surface area contributed by atoms with Crippen molar-refractivity contribution in [3.63, 3.8) is 0 Å². The third kappa shape index (κ3) is 6.18. The molecular formula is C27H29N. The van der Waals surface area contributed by atoms with Crippen molar-refractivity contribution in [1.29, 1.82) is 0 Å². The summed E-state index contributed by atoms with van der Waals surface area (Å²) in [5.41, 5.74) is 5.80. The predicted octanol–water partition coefficient (Wildman–Crippen LogP) is 7.16. The highest BCUT2D eigenvalue weighted by Crippen LogP contribution is 2.29. The Labute approximate surface area is 170 Å². The molecule has 0 amide bonds. The molecule has 0 heterocycles. The smallest absolute Gasteiger partial charge is 0.0580 e. The molecular weight excluding hydrogens is 338 g/mol. The number of para-hydroxylation sites is 1. The lowest BCUT2D eigenvalue weighted by molar-refractivity contribution is 1.20. The van der Waals surface area contributed by atoms with Crippen LogP contribution in [0.5, 0.6) is 0 Å². The third-order valence-electron chi connectivity index (χ3n) is 4.52. The van der Waals surface area contributed by atoms with Crippen LogP contribution in [-0.4, -0.2) is 0 Å². The Morgan fingerprint density at radius 3 is 2.39 bits per heavy atom. The first-order valence-electron chi connectivity index (χ1n) is 9.70. The lowest BCUT2D eigenvalue weighted by atomic mass is 10.1. The van der Waals surface area contributed by atoms with Crippen LogP contribution in [0, 0.1) is 12.5 Å². The molecule has 0 fully saturated rings. The first kappa shape index (κ1) is 21.1. The van der Waals surface area contributed by atoms with Crippen LogP contribution < -0.4 is 4.90 Å². The van der Waals surface area contributed by atoms with E-state index >= 15 is 0 Å². The number of nitrogens with zero attached hydrogens (tertiary/aromatic N) is 1. The van der Waals surface area contributed by atoms with Gasteiger partial charge in [-0.25, -0.2) is 0 Å². The zero-order valence-corrected chi connectivity index (χ0v) is 17.1. The van der Waals surface area contributed by atoms with E-state index in [1.165, 1.54) is 16.7 Å². The number of hydrogen-bond donors (Lipinski definition) is 0. The minimum Gasteiger partial charge on any atom is -0.270 e. The average Bonchev–Trinajstić information content (AvgIpc) is 2.73. The molecule has 0 saturated heterocycles. The summed E-state index contributed by atoms with van der Waals surface area (Å²) in [6, 6.07) is 19.6. The van der Waals surface area contributed by atoms with Crippen LogP contribution in [0.3, 0.4) is 0 Å². The Bertz CT molecular complexity index is 902. The highest BCUT2D eigenvalue weighted by atomic mass is 15.1. The molecule has 0 N–H and O–H groups in total. The zero-order valence-electron chi connectivity index (χ0n) is 17.1. The van der Waals surface area contributed by atoms with Gasteiger partial charge in [-0.1, -0.05) is 84.9 Å². The highest BCUT2D eigenvalue weighted by Gasteiger charge is 2.10. The van der Waals surface area contributed by atoms with E-state index < -0.39 is 0 Å². The summed E-state index contributed by atoms with van der Waals surface area (Å²) in [5, 5.41) is 0. The molecule has 0 radical (unpaired) electrons. The molecule has 2 rings (SSSR count). The maximum atomic E-state index is 5.88. The van der Waals surface area contributed by atoms with E-state index in [1.54, 1.807) is 0 Å². The summed E-state index contributed by atoms with van der Waals surface area (Å²) in [7, 11) is 0. The molecule has 0 atom stereocenters. The minimum atomic E-state index is 0.839. The summed E-state index contributed by atoms with van der Waals surface area (Å²) >= 11 is 0. The van der Waals surface area contributed by atoms with E-state index in [9.17, 15) is 0 Å². The number of benzene rings is 2. The van der Waals surface area contributed by atoms with E-state index in [0.717, 1.165) is 24.2 Å². The third-order valence-corrected chi connectivity index (χ3v) is 4.52. The summed E-state index contributed by atoms with van der Waals surface area (Å²) in [4.78, 5) is 1.92. The van der Waals surface area contributed by atoms with Crippen molar-refractivity contribution >= 4 is 11.4 Å².